The zero-order valence-corrected chi connectivity index (χ0v) is 20.3. The van der Waals surface area contributed by atoms with Crippen LogP contribution in [0, 0.1) is 6.92 Å². The maximum atomic E-state index is 12.5. The van der Waals surface area contributed by atoms with Crippen LogP contribution in [0.3, 0.4) is 0 Å². The van der Waals surface area contributed by atoms with Gasteiger partial charge in [-0.05, 0) is 42.2 Å². The summed E-state index contributed by atoms with van der Waals surface area (Å²) < 4.78 is 10.9. The van der Waals surface area contributed by atoms with E-state index < -0.39 is 18.2 Å². The maximum Gasteiger partial charge on any atom is 0.412 e. The first-order valence-electron chi connectivity index (χ1n) is 11.8. The molecule has 3 N–H and O–H groups in total. The summed E-state index contributed by atoms with van der Waals surface area (Å²) in [5.74, 6) is -0.462. The molecule has 186 valence electrons. The van der Waals surface area contributed by atoms with E-state index in [9.17, 15) is 14.7 Å². The molecular formula is C29H25N3O5. The number of fused-ring (bicyclic) bond motifs is 1. The SMILES string of the molecule is Cc1cc2c(-c3ccc(-c4oncc4NC(=O)OC(C)c4ccccc4)cc3)ccc(CC(=O)O)c2[nH]1. The van der Waals surface area contributed by atoms with E-state index >= 15 is 0 Å². The molecule has 0 fully saturated rings. The van der Waals surface area contributed by atoms with Crippen LogP contribution < -0.4 is 5.32 Å². The summed E-state index contributed by atoms with van der Waals surface area (Å²) in [7, 11) is 0. The van der Waals surface area contributed by atoms with E-state index in [2.05, 4.69) is 15.5 Å². The van der Waals surface area contributed by atoms with Crippen molar-refractivity contribution in [3.63, 3.8) is 0 Å². The minimum absolute atomic E-state index is 0.0521. The fourth-order valence-electron chi connectivity index (χ4n) is 4.40. The smallest absolute Gasteiger partial charge is 0.412 e. The second-order valence-electron chi connectivity index (χ2n) is 8.81. The van der Waals surface area contributed by atoms with Crippen LogP contribution in [-0.2, 0) is 16.0 Å². The van der Waals surface area contributed by atoms with Gasteiger partial charge in [0.05, 0.1) is 18.1 Å². The second-order valence-corrected chi connectivity index (χ2v) is 8.81. The molecule has 0 bridgehead atoms. The van der Waals surface area contributed by atoms with Crippen molar-refractivity contribution >= 4 is 28.7 Å². The molecule has 8 nitrogen and oxygen atoms in total. The van der Waals surface area contributed by atoms with E-state index in [0.717, 1.165) is 44.4 Å². The Morgan fingerprint density at radius 1 is 1.05 bits per heavy atom. The number of nitrogens with zero attached hydrogens (tertiary/aromatic N) is 1. The number of hydrogen-bond donors (Lipinski definition) is 3. The number of aliphatic carboxylic acids is 1. The van der Waals surface area contributed by atoms with Gasteiger partial charge >= 0.3 is 12.1 Å². The Labute approximate surface area is 212 Å². The highest BCUT2D eigenvalue weighted by atomic mass is 16.6. The minimum atomic E-state index is -0.875. The lowest BCUT2D eigenvalue weighted by atomic mass is 9.97. The van der Waals surface area contributed by atoms with E-state index in [1.165, 1.54) is 6.20 Å². The summed E-state index contributed by atoms with van der Waals surface area (Å²) >= 11 is 0. The molecule has 0 aliphatic rings. The fraction of sp³-hybridized carbons (Fsp3) is 0.138. The molecule has 8 heteroatoms. The van der Waals surface area contributed by atoms with Crippen molar-refractivity contribution in [2.45, 2.75) is 26.4 Å². The number of carbonyl (C=O) groups is 2. The lowest BCUT2D eigenvalue weighted by Gasteiger charge is -2.14. The monoisotopic (exact) mass is 495 g/mol. The van der Waals surface area contributed by atoms with Gasteiger partial charge in [0.2, 0.25) is 0 Å². The van der Waals surface area contributed by atoms with E-state index in [0.29, 0.717) is 11.4 Å². The number of aryl methyl sites for hydroxylation is 1. The molecule has 1 atom stereocenters. The first-order chi connectivity index (χ1) is 17.9. The number of hydrogen-bond acceptors (Lipinski definition) is 5. The third kappa shape index (κ3) is 5.08. The quantitative estimate of drug-likeness (QED) is 0.230. The van der Waals surface area contributed by atoms with Crippen LogP contribution in [-0.4, -0.2) is 27.3 Å². The number of ether oxygens (including phenoxy) is 1. The largest absolute Gasteiger partial charge is 0.481 e. The molecule has 5 aromatic rings. The molecule has 0 radical (unpaired) electrons. The Bertz CT molecular complexity index is 1570. The van der Waals surface area contributed by atoms with Crippen LogP contribution in [0.5, 0.6) is 0 Å². The van der Waals surface area contributed by atoms with E-state index in [4.69, 9.17) is 9.26 Å². The lowest BCUT2D eigenvalue weighted by molar-refractivity contribution is -0.136. The summed E-state index contributed by atoms with van der Waals surface area (Å²) in [4.78, 5) is 27.1. The molecule has 5 rings (SSSR count). The molecule has 1 amide bonds. The average molecular weight is 496 g/mol. The number of benzene rings is 3. The van der Waals surface area contributed by atoms with Gasteiger partial charge in [0.1, 0.15) is 11.8 Å². The van der Waals surface area contributed by atoms with Gasteiger partial charge in [-0.1, -0.05) is 71.9 Å². The van der Waals surface area contributed by atoms with Gasteiger partial charge in [-0.15, -0.1) is 0 Å². The molecule has 0 saturated carbocycles. The Hall–Kier alpha value is -4.85. The molecule has 0 aliphatic carbocycles. The van der Waals surface area contributed by atoms with E-state index in [1.54, 1.807) is 6.92 Å². The highest BCUT2D eigenvalue weighted by Crippen LogP contribution is 2.34. The summed E-state index contributed by atoms with van der Waals surface area (Å²) in [5.41, 5.74) is 6.48. The first-order valence-corrected chi connectivity index (χ1v) is 11.8. The van der Waals surface area contributed by atoms with Crippen molar-refractivity contribution in [2.24, 2.45) is 0 Å². The molecule has 2 heterocycles. The predicted molar refractivity (Wildman–Crippen MR) is 140 cm³/mol. The third-order valence-electron chi connectivity index (χ3n) is 6.17. The first kappa shape index (κ1) is 23.9. The van der Waals surface area contributed by atoms with Crippen molar-refractivity contribution in [2.75, 3.05) is 5.32 Å². The van der Waals surface area contributed by atoms with Crippen molar-refractivity contribution in [1.29, 1.82) is 0 Å². The molecule has 3 aromatic carbocycles. The fourth-order valence-corrected chi connectivity index (χ4v) is 4.40. The van der Waals surface area contributed by atoms with Crippen LogP contribution in [0.25, 0.3) is 33.4 Å². The number of rotatable bonds is 7. The van der Waals surface area contributed by atoms with E-state index in [-0.39, 0.29) is 6.42 Å². The third-order valence-corrected chi connectivity index (χ3v) is 6.17. The van der Waals surface area contributed by atoms with Crippen LogP contribution >= 0.6 is 0 Å². The summed E-state index contributed by atoms with van der Waals surface area (Å²) in [5, 5.41) is 16.8. The second kappa shape index (κ2) is 10.0. The number of anilines is 1. The Morgan fingerprint density at radius 2 is 1.78 bits per heavy atom. The number of carboxylic acids is 1. The number of carboxylic acid groups (broad SMARTS) is 1. The zero-order chi connectivity index (χ0) is 25.9. The molecule has 37 heavy (non-hydrogen) atoms. The van der Waals surface area contributed by atoms with Crippen molar-refractivity contribution in [3.05, 3.63) is 95.8 Å². The topological polar surface area (TPSA) is 117 Å². The van der Waals surface area contributed by atoms with Gasteiger partial charge in [-0.25, -0.2) is 4.79 Å². The van der Waals surface area contributed by atoms with Crippen molar-refractivity contribution in [3.8, 4) is 22.5 Å². The molecule has 0 spiro atoms. The maximum absolute atomic E-state index is 12.5. The van der Waals surface area contributed by atoms with Crippen LogP contribution in [0.1, 0.15) is 29.8 Å². The summed E-state index contributed by atoms with van der Waals surface area (Å²) in [6.07, 6.45) is 0.359. The predicted octanol–water partition coefficient (Wildman–Crippen LogP) is 6.74. The Balaban J connectivity index is 1.36. The van der Waals surface area contributed by atoms with Gasteiger partial charge in [0.15, 0.2) is 5.76 Å². The van der Waals surface area contributed by atoms with Gasteiger partial charge in [0, 0.05) is 16.6 Å². The average Bonchev–Trinajstić information content (AvgIpc) is 3.51. The van der Waals surface area contributed by atoms with Crippen molar-refractivity contribution < 1.29 is 24.0 Å². The standard InChI is InChI=1S/C29H25N3O5/c1-17-14-24-23(13-12-22(15-26(33)34)27(24)31-17)20-8-10-21(11-9-20)28-25(16-30-37-28)32-29(35)36-18(2)19-6-4-3-5-7-19/h3-14,16,18,31H,15H2,1-2H3,(H,32,35)(H,33,34). The normalized spacial score (nSPS) is 11.8. The van der Waals surface area contributed by atoms with Gasteiger partial charge in [0.25, 0.3) is 0 Å². The number of carbonyl (C=O) groups excluding carboxylic acids is 1. The number of nitrogens with one attached hydrogen (secondary N) is 2. The highest BCUT2D eigenvalue weighted by molar-refractivity contribution is 5.99. The van der Waals surface area contributed by atoms with Gasteiger partial charge in [-0.3, -0.25) is 10.1 Å². The van der Waals surface area contributed by atoms with Gasteiger partial charge in [-0.2, -0.15) is 0 Å². The van der Waals surface area contributed by atoms with Gasteiger partial charge < -0.3 is 19.4 Å². The number of amides is 1. The minimum Gasteiger partial charge on any atom is -0.481 e. The highest BCUT2D eigenvalue weighted by Gasteiger charge is 2.18. The molecule has 0 saturated heterocycles. The van der Waals surface area contributed by atoms with Crippen LogP contribution in [0.15, 0.2) is 83.5 Å². The molecule has 1 unspecified atom stereocenters. The van der Waals surface area contributed by atoms with Crippen molar-refractivity contribution in [1.82, 2.24) is 10.1 Å². The summed E-state index contributed by atoms with van der Waals surface area (Å²) in [6.45, 7) is 3.75. The number of H-pyrrole nitrogens is 1. The Kier molecular flexibility index (Phi) is 6.47. The molecular weight excluding hydrogens is 470 g/mol. The summed E-state index contributed by atoms with van der Waals surface area (Å²) in [6, 6.07) is 22.9. The van der Waals surface area contributed by atoms with Crippen LogP contribution in [0.2, 0.25) is 0 Å². The number of aromatic amines is 1. The Morgan fingerprint density at radius 3 is 2.51 bits per heavy atom. The zero-order valence-electron chi connectivity index (χ0n) is 20.3. The molecule has 0 aliphatic heterocycles. The number of aromatic nitrogens is 2. The van der Waals surface area contributed by atoms with Crippen LogP contribution in [0.4, 0.5) is 10.5 Å². The molecule has 2 aromatic heterocycles. The van der Waals surface area contributed by atoms with E-state index in [1.807, 2.05) is 79.7 Å². The lowest BCUT2D eigenvalue weighted by Crippen LogP contribution is -2.16.